The Labute approximate surface area is 206 Å². The van der Waals surface area contributed by atoms with Gasteiger partial charge in [0.25, 0.3) is 11.8 Å². The van der Waals surface area contributed by atoms with Gasteiger partial charge in [-0.15, -0.1) is 0 Å². The first kappa shape index (κ1) is 23.5. The molecule has 1 fully saturated rings. The summed E-state index contributed by atoms with van der Waals surface area (Å²) in [4.78, 5) is 39.0. The van der Waals surface area contributed by atoms with Crippen molar-refractivity contribution in [1.82, 2.24) is 5.32 Å². The van der Waals surface area contributed by atoms with Gasteiger partial charge in [-0.25, -0.2) is 9.69 Å². The van der Waals surface area contributed by atoms with Crippen molar-refractivity contribution in [1.29, 1.82) is 0 Å². The third kappa shape index (κ3) is 5.14. The quantitative estimate of drug-likeness (QED) is 0.356. The highest BCUT2D eigenvalue weighted by Gasteiger charge is 2.37. The smallest absolute Gasteiger partial charge is 0.335 e. The number of ether oxygens (including phenoxy) is 1. The lowest BCUT2D eigenvalue weighted by Crippen LogP contribution is -2.54. The Morgan fingerprint density at radius 3 is 2.32 bits per heavy atom. The highest BCUT2D eigenvalue weighted by atomic mass is 35.5. The number of nitrogens with one attached hydrogen (secondary N) is 1. The van der Waals surface area contributed by atoms with Crippen LogP contribution in [0.5, 0.6) is 5.75 Å². The fourth-order valence-electron chi connectivity index (χ4n) is 3.74. The zero-order valence-corrected chi connectivity index (χ0v) is 19.9. The summed E-state index contributed by atoms with van der Waals surface area (Å²) >= 11 is 12.2. The van der Waals surface area contributed by atoms with E-state index >= 15 is 0 Å². The van der Waals surface area contributed by atoms with E-state index in [0.717, 1.165) is 21.6 Å². The van der Waals surface area contributed by atoms with Crippen molar-refractivity contribution in [2.24, 2.45) is 0 Å². The Morgan fingerprint density at radius 1 is 0.912 bits per heavy atom. The lowest BCUT2D eigenvalue weighted by molar-refractivity contribution is -0.122. The van der Waals surface area contributed by atoms with Crippen molar-refractivity contribution >= 4 is 52.8 Å². The zero-order chi connectivity index (χ0) is 24.4. The van der Waals surface area contributed by atoms with E-state index in [1.165, 1.54) is 12.1 Å². The van der Waals surface area contributed by atoms with Crippen LogP contribution in [0.1, 0.15) is 22.3 Å². The monoisotopic (exact) mass is 494 g/mol. The molecule has 34 heavy (non-hydrogen) atoms. The summed E-state index contributed by atoms with van der Waals surface area (Å²) in [6, 6.07) is 16.4. The minimum Gasteiger partial charge on any atom is -0.488 e. The van der Waals surface area contributed by atoms with Crippen molar-refractivity contribution in [3.8, 4) is 5.75 Å². The number of anilines is 1. The van der Waals surface area contributed by atoms with Gasteiger partial charge in [0.1, 0.15) is 17.9 Å². The van der Waals surface area contributed by atoms with Gasteiger partial charge in [0.2, 0.25) is 0 Å². The van der Waals surface area contributed by atoms with Crippen molar-refractivity contribution < 1.29 is 19.1 Å². The predicted octanol–water partition coefficient (Wildman–Crippen LogP) is 5.86. The van der Waals surface area contributed by atoms with E-state index < -0.39 is 17.8 Å². The lowest BCUT2D eigenvalue weighted by Gasteiger charge is -2.26. The summed E-state index contributed by atoms with van der Waals surface area (Å²) in [5.41, 5.74) is 3.65. The number of amides is 4. The van der Waals surface area contributed by atoms with Crippen molar-refractivity contribution in [3.63, 3.8) is 0 Å². The van der Waals surface area contributed by atoms with Gasteiger partial charge >= 0.3 is 6.03 Å². The Balaban J connectivity index is 1.68. The van der Waals surface area contributed by atoms with Crippen LogP contribution in [0.2, 0.25) is 10.0 Å². The topological polar surface area (TPSA) is 75.7 Å². The van der Waals surface area contributed by atoms with Crippen LogP contribution in [-0.2, 0) is 16.2 Å². The molecule has 0 unspecified atom stereocenters. The minimum atomic E-state index is -0.855. The third-order valence-corrected chi connectivity index (χ3v) is 5.59. The number of urea groups is 1. The van der Waals surface area contributed by atoms with E-state index in [9.17, 15) is 14.4 Å². The first-order valence-electron chi connectivity index (χ1n) is 10.4. The average Bonchev–Trinajstić information content (AvgIpc) is 2.75. The highest BCUT2D eigenvalue weighted by Crippen LogP contribution is 2.29. The van der Waals surface area contributed by atoms with E-state index in [0.29, 0.717) is 21.4 Å². The predicted molar refractivity (Wildman–Crippen MR) is 132 cm³/mol. The van der Waals surface area contributed by atoms with Gasteiger partial charge in [-0.2, -0.15) is 0 Å². The highest BCUT2D eigenvalue weighted by molar-refractivity contribution is 6.39. The van der Waals surface area contributed by atoms with Gasteiger partial charge in [-0.3, -0.25) is 14.9 Å². The number of nitrogens with zero attached hydrogens (tertiary/aromatic N) is 1. The number of barbiturate groups is 1. The Hall–Kier alpha value is -3.61. The molecular weight excluding hydrogens is 475 g/mol. The molecule has 0 aliphatic carbocycles. The number of carbonyl (C=O) groups is 3. The molecule has 3 aromatic rings. The van der Waals surface area contributed by atoms with E-state index in [-0.39, 0.29) is 17.9 Å². The summed E-state index contributed by atoms with van der Waals surface area (Å²) in [5.74, 6) is -1.16. The summed E-state index contributed by atoms with van der Waals surface area (Å²) in [6.07, 6.45) is 1.37. The molecule has 4 amide bonds. The van der Waals surface area contributed by atoms with Gasteiger partial charge in [-0.05, 0) is 61.9 Å². The number of imide groups is 2. The zero-order valence-electron chi connectivity index (χ0n) is 18.4. The van der Waals surface area contributed by atoms with Crippen LogP contribution in [0.15, 0.2) is 66.2 Å². The Kier molecular flexibility index (Phi) is 6.72. The number of carbonyl (C=O) groups excluding carboxylic acids is 3. The lowest BCUT2D eigenvalue weighted by atomic mass is 10.1. The van der Waals surface area contributed by atoms with Crippen LogP contribution in [0.3, 0.4) is 0 Å². The van der Waals surface area contributed by atoms with Crippen LogP contribution < -0.4 is 15.0 Å². The second kappa shape index (κ2) is 9.71. The molecule has 1 heterocycles. The molecule has 0 saturated carbocycles. The number of benzene rings is 3. The standard InChI is InChI=1S/C26H20Cl2N2O4/c1-15-8-16(2)10-17(9-15)14-34-23-7-6-20(28)11-18(23)12-22-24(31)29-26(33)30(25(22)32)21-5-3-4-19(27)13-21/h3-13H,14H2,1-2H3,(H,29,31,33)/b22-12+. The Bertz CT molecular complexity index is 1330. The van der Waals surface area contributed by atoms with Crippen LogP contribution in [0, 0.1) is 13.8 Å². The molecular formula is C26H20Cl2N2O4. The molecule has 0 radical (unpaired) electrons. The van der Waals surface area contributed by atoms with Crippen LogP contribution in [-0.4, -0.2) is 17.8 Å². The number of hydrogen-bond donors (Lipinski definition) is 1. The van der Waals surface area contributed by atoms with Gasteiger partial charge in [-0.1, -0.05) is 58.6 Å². The molecule has 1 aliphatic heterocycles. The van der Waals surface area contributed by atoms with E-state index in [1.807, 2.05) is 26.0 Å². The summed E-state index contributed by atoms with van der Waals surface area (Å²) in [7, 11) is 0. The van der Waals surface area contributed by atoms with Gasteiger partial charge < -0.3 is 4.74 Å². The molecule has 3 aromatic carbocycles. The molecule has 1 N–H and O–H groups in total. The van der Waals surface area contributed by atoms with E-state index in [2.05, 4.69) is 11.4 Å². The van der Waals surface area contributed by atoms with E-state index in [1.54, 1.807) is 36.4 Å². The largest absolute Gasteiger partial charge is 0.488 e. The molecule has 8 heteroatoms. The van der Waals surface area contributed by atoms with Crippen LogP contribution in [0.4, 0.5) is 10.5 Å². The molecule has 0 spiro atoms. The van der Waals surface area contributed by atoms with Gasteiger partial charge in [0, 0.05) is 15.6 Å². The van der Waals surface area contributed by atoms with Crippen molar-refractivity contribution in [2.45, 2.75) is 20.5 Å². The average molecular weight is 495 g/mol. The minimum absolute atomic E-state index is 0.238. The first-order valence-corrected chi connectivity index (χ1v) is 11.1. The molecule has 1 saturated heterocycles. The first-order chi connectivity index (χ1) is 16.2. The molecule has 4 rings (SSSR count). The SMILES string of the molecule is Cc1cc(C)cc(COc2ccc(Cl)cc2/C=C2\C(=O)NC(=O)N(c3cccc(Cl)c3)C2=O)c1. The number of aryl methyl sites for hydroxylation is 2. The van der Waals surface area contributed by atoms with Crippen LogP contribution in [0.25, 0.3) is 6.08 Å². The van der Waals surface area contributed by atoms with Gasteiger partial charge in [0.05, 0.1) is 5.69 Å². The second-order valence-corrected chi connectivity index (χ2v) is 8.78. The molecule has 0 bridgehead atoms. The summed E-state index contributed by atoms with van der Waals surface area (Å²) in [6.45, 7) is 4.30. The number of hydrogen-bond acceptors (Lipinski definition) is 4. The number of rotatable bonds is 5. The van der Waals surface area contributed by atoms with Crippen molar-refractivity contribution in [3.05, 3.63) is 98.5 Å². The molecule has 0 atom stereocenters. The Morgan fingerprint density at radius 2 is 1.62 bits per heavy atom. The maximum absolute atomic E-state index is 13.2. The van der Waals surface area contributed by atoms with E-state index in [4.69, 9.17) is 27.9 Å². The number of halogens is 2. The molecule has 6 nitrogen and oxygen atoms in total. The third-order valence-electron chi connectivity index (χ3n) is 5.12. The molecule has 172 valence electrons. The van der Waals surface area contributed by atoms with Gasteiger partial charge in [0.15, 0.2) is 0 Å². The molecule has 0 aromatic heterocycles. The normalized spacial score (nSPS) is 15.0. The van der Waals surface area contributed by atoms with Crippen LogP contribution >= 0.6 is 23.2 Å². The molecule has 1 aliphatic rings. The summed E-state index contributed by atoms with van der Waals surface area (Å²) in [5, 5.41) is 2.94. The maximum atomic E-state index is 13.2. The fraction of sp³-hybridized carbons (Fsp3) is 0.115. The summed E-state index contributed by atoms with van der Waals surface area (Å²) < 4.78 is 6.00. The second-order valence-electron chi connectivity index (χ2n) is 7.90. The maximum Gasteiger partial charge on any atom is 0.335 e. The van der Waals surface area contributed by atoms with Crippen molar-refractivity contribution in [2.75, 3.05) is 4.90 Å². The fourth-order valence-corrected chi connectivity index (χ4v) is 4.10.